The van der Waals surface area contributed by atoms with Gasteiger partial charge in [-0.2, -0.15) is 20.5 Å². The topological polar surface area (TPSA) is 32.3 Å². The summed E-state index contributed by atoms with van der Waals surface area (Å²) in [5.74, 6) is 2.81. The molecule has 2 aliphatic heterocycles. The monoisotopic (exact) mass is 262 g/mol. The van der Waals surface area contributed by atoms with Crippen LogP contribution >= 0.6 is 11.8 Å². The van der Waals surface area contributed by atoms with Crippen LogP contribution in [0, 0.1) is 5.92 Å². The van der Waals surface area contributed by atoms with Crippen LogP contribution in [0.5, 0.6) is 0 Å². The van der Waals surface area contributed by atoms with Crippen molar-refractivity contribution in [3.05, 3.63) is 11.7 Å². The van der Waals surface area contributed by atoms with Crippen molar-refractivity contribution in [1.82, 2.24) is 10.2 Å². The lowest BCUT2D eigenvalue weighted by Gasteiger charge is -2.30. The Kier molecular flexibility index (Phi) is 4.25. The summed E-state index contributed by atoms with van der Waals surface area (Å²) in [6.45, 7) is 1.51. The lowest BCUT2D eigenvalue weighted by molar-refractivity contribution is 0.191. The summed E-state index contributed by atoms with van der Waals surface area (Å²) in [6, 6.07) is -0.111. The molecule has 0 unspecified atom stereocenters. The van der Waals surface area contributed by atoms with Crippen LogP contribution in [0.25, 0.3) is 0 Å². The summed E-state index contributed by atoms with van der Waals surface area (Å²) in [7, 11) is 0. The van der Waals surface area contributed by atoms with E-state index in [1.807, 2.05) is 11.8 Å². The van der Waals surface area contributed by atoms with Crippen LogP contribution in [-0.2, 0) is 0 Å². The zero-order chi connectivity index (χ0) is 12.3. The van der Waals surface area contributed by atoms with Crippen LogP contribution in [0.4, 0.5) is 13.6 Å². The maximum Gasteiger partial charge on any atom is 0.317 e. The Hall–Kier alpha value is -0.780. The molecule has 2 heterocycles. The Morgan fingerprint density at radius 1 is 1.35 bits per heavy atom. The van der Waals surface area contributed by atoms with E-state index in [1.165, 1.54) is 0 Å². The zero-order valence-electron chi connectivity index (χ0n) is 9.55. The molecule has 0 aromatic rings. The molecule has 0 aromatic heterocycles. The van der Waals surface area contributed by atoms with Gasteiger partial charge in [-0.3, -0.25) is 0 Å². The van der Waals surface area contributed by atoms with Crippen molar-refractivity contribution in [3.63, 3.8) is 0 Å². The smallest absolute Gasteiger partial charge is 0.317 e. The fourth-order valence-corrected chi connectivity index (χ4v) is 2.72. The molecule has 2 rings (SSSR count). The Bertz CT molecular complexity index is 317. The van der Waals surface area contributed by atoms with Gasteiger partial charge in [0.15, 0.2) is 0 Å². The minimum Gasteiger partial charge on any atom is -0.338 e. The number of hydrogen-bond donors (Lipinski definition) is 1. The van der Waals surface area contributed by atoms with Gasteiger partial charge in [0, 0.05) is 19.6 Å². The van der Waals surface area contributed by atoms with Crippen LogP contribution in [0.1, 0.15) is 12.8 Å². The van der Waals surface area contributed by atoms with Gasteiger partial charge in [0.25, 0.3) is 6.08 Å². The first kappa shape index (κ1) is 12.7. The molecule has 1 N–H and O–H groups in total. The van der Waals surface area contributed by atoms with Crippen molar-refractivity contribution >= 4 is 17.8 Å². The molecule has 0 saturated carbocycles. The van der Waals surface area contributed by atoms with Crippen LogP contribution in [0.15, 0.2) is 11.7 Å². The van der Waals surface area contributed by atoms with E-state index in [9.17, 15) is 13.6 Å². The Balaban J connectivity index is 1.72. The molecule has 0 radical (unpaired) electrons. The normalized spacial score (nSPS) is 21.1. The molecule has 0 atom stereocenters. The average molecular weight is 262 g/mol. The van der Waals surface area contributed by atoms with Gasteiger partial charge in [-0.15, -0.1) is 0 Å². The van der Waals surface area contributed by atoms with Gasteiger partial charge in [0.2, 0.25) is 0 Å². The molecule has 2 fully saturated rings. The van der Waals surface area contributed by atoms with Crippen LogP contribution < -0.4 is 5.32 Å². The second-order valence-electron chi connectivity index (χ2n) is 4.44. The SMILES string of the molecule is O=C(NCC1CSC1)N1CCC(=C(F)F)CC1. The zero-order valence-corrected chi connectivity index (χ0v) is 10.4. The minimum absolute atomic E-state index is 0.111. The molecule has 3 nitrogen and oxygen atoms in total. The molecule has 0 spiro atoms. The maximum absolute atomic E-state index is 12.3. The molecule has 2 saturated heterocycles. The van der Waals surface area contributed by atoms with E-state index < -0.39 is 6.08 Å². The summed E-state index contributed by atoms with van der Waals surface area (Å²) < 4.78 is 24.6. The van der Waals surface area contributed by atoms with Crippen molar-refractivity contribution in [2.24, 2.45) is 5.92 Å². The Labute approximate surface area is 104 Å². The summed E-state index contributed by atoms with van der Waals surface area (Å²) >= 11 is 1.88. The number of amides is 2. The molecule has 6 heteroatoms. The first-order chi connectivity index (χ1) is 8.16. The van der Waals surface area contributed by atoms with Gasteiger partial charge in [-0.1, -0.05) is 0 Å². The second-order valence-corrected chi connectivity index (χ2v) is 5.52. The highest BCUT2D eigenvalue weighted by atomic mass is 32.2. The molecular formula is C11H16F2N2OS. The highest BCUT2D eigenvalue weighted by molar-refractivity contribution is 8.00. The number of halogens is 2. The lowest BCUT2D eigenvalue weighted by Crippen LogP contribution is -2.46. The average Bonchev–Trinajstić information content (AvgIpc) is 2.27. The summed E-state index contributed by atoms with van der Waals surface area (Å²) in [5.41, 5.74) is 0.199. The van der Waals surface area contributed by atoms with Crippen LogP contribution in [0.3, 0.4) is 0 Å². The number of likely N-dealkylation sites (tertiary alicyclic amines) is 1. The van der Waals surface area contributed by atoms with Crippen molar-refractivity contribution < 1.29 is 13.6 Å². The van der Waals surface area contributed by atoms with Gasteiger partial charge >= 0.3 is 6.03 Å². The molecule has 2 aliphatic rings. The Morgan fingerprint density at radius 2 is 2.00 bits per heavy atom. The van der Waals surface area contributed by atoms with E-state index in [4.69, 9.17) is 0 Å². The number of piperidine rings is 1. The third-order valence-electron chi connectivity index (χ3n) is 3.17. The standard InChI is InChI=1S/C11H16F2N2OS/c12-10(13)9-1-3-15(4-2-9)11(16)14-5-8-6-17-7-8/h8H,1-7H2,(H,14,16). The predicted molar refractivity (Wildman–Crippen MR) is 64.3 cm³/mol. The first-order valence-electron chi connectivity index (χ1n) is 5.80. The van der Waals surface area contributed by atoms with E-state index in [0.29, 0.717) is 38.4 Å². The Morgan fingerprint density at radius 3 is 2.47 bits per heavy atom. The fourth-order valence-electron chi connectivity index (χ4n) is 1.91. The third-order valence-corrected chi connectivity index (χ3v) is 4.58. The van der Waals surface area contributed by atoms with E-state index >= 15 is 0 Å². The lowest BCUT2D eigenvalue weighted by atomic mass is 10.1. The van der Waals surface area contributed by atoms with E-state index in [0.717, 1.165) is 11.5 Å². The number of hydrogen-bond acceptors (Lipinski definition) is 2. The van der Waals surface area contributed by atoms with Crippen molar-refractivity contribution in [1.29, 1.82) is 0 Å². The van der Waals surface area contributed by atoms with Gasteiger partial charge in [-0.25, -0.2) is 4.79 Å². The summed E-state index contributed by atoms with van der Waals surface area (Å²) in [6.07, 6.45) is -0.971. The second kappa shape index (κ2) is 5.71. The fraction of sp³-hybridized carbons (Fsp3) is 0.727. The number of rotatable bonds is 2. The maximum atomic E-state index is 12.3. The summed E-state index contributed by atoms with van der Waals surface area (Å²) in [5, 5.41) is 2.87. The van der Waals surface area contributed by atoms with Gasteiger partial charge < -0.3 is 10.2 Å². The minimum atomic E-state index is -1.57. The third kappa shape index (κ3) is 3.34. The van der Waals surface area contributed by atoms with Crippen molar-refractivity contribution in [2.45, 2.75) is 12.8 Å². The summed E-state index contributed by atoms with van der Waals surface area (Å²) in [4.78, 5) is 13.3. The van der Waals surface area contributed by atoms with Crippen LogP contribution in [0.2, 0.25) is 0 Å². The number of nitrogens with zero attached hydrogens (tertiary/aromatic N) is 1. The van der Waals surface area contributed by atoms with Gasteiger partial charge in [-0.05, 0) is 35.8 Å². The molecule has 2 amide bonds. The highest BCUT2D eigenvalue weighted by Crippen LogP contribution is 2.24. The largest absolute Gasteiger partial charge is 0.338 e. The number of urea groups is 1. The van der Waals surface area contributed by atoms with Crippen molar-refractivity contribution in [2.75, 3.05) is 31.1 Å². The molecule has 0 aromatic carbocycles. The molecule has 0 bridgehead atoms. The quantitative estimate of drug-likeness (QED) is 0.828. The number of carbonyl (C=O) groups is 1. The molecule has 17 heavy (non-hydrogen) atoms. The molecular weight excluding hydrogens is 246 g/mol. The number of nitrogens with one attached hydrogen (secondary N) is 1. The number of carbonyl (C=O) groups excluding carboxylic acids is 1. The van der Waals surface area contributed by atoms with E-state index in [1.54, 1.807) is 4.90 Å². The first-order valence-corrected chi connectivity index (χ1v) is 6.96. The predicted octanol–water partition coefficient (Wildman–Crippen LogP) is 2.31. The van der Waals surface area contributed by atoms with Crippen molar-refractivity contribution in [3.8, 4) is 0 Å². The highest BCUT2D eigenvalue weighted by Gasteiger charge is 2.23. The van der Waals surface area contributed by atoms with E-state index in [-0.39, 0.29) is 11.6 Å². The van der Waals surface area contributed by atoms with Crippen LogP contribution in [-0.4, -0.2) is 42.1 Å². The molecule has 0 aliphatic carbocycles. The number of thioether (sulfide) groups is 1. The van der Waals surface area contributed by atoms with E-state index in [2.05, 4.69) is 5.32 Å². The molecule has 96 valence electrons. The van der Waals surface area contributed by atoms with Gasteiger partial charge in [0.1, 0.15) is 0 Å². The van der Waals surface area contributed by atoms with Gasteiger partial charge in [0.05, 0.1) is 0 Å².